The van der Waals surface area contributed by atoms with Gasteiger partial charge in [-0.3, -0.25) is 9.59 Å². The van der Waals surface area contributed by atoms with Crippen LogP contribution in [0.2, 0.25) is 0 Å². The summed E-state index contributed by atoms with van der Waals surface area (Å²) >= 11 is 0. The summed E-state index contributed by atoms with van der Waals surface area (Å²) in [4.78, 5) is 22.2. The van der Waals surface area contributed by atoms with E-state index in [1.807, 2.05) is 0 Å². The number of hydrogen-bond donors (Lipinski definition) is 0. The molecule has 0 radical (unpaired) electrons. The Hall–Kier alpha value is -1.16. The average molecular weight is 358 g/mol. The molecule has 0 saturated carbocycles. The SMILES string of the molecule is CCCC(=O)OS(=O)(=O)CCCCS(=O)(=O)OC(=O)CCC. The zero-order chi connectivity index (χ0) is 17.2. The van der Waals surface area contributed by atoms with Crippen molar-refractivity contribution in [3.05, 3.63) is 0 Å². The lowest BCUT2D eigenvalue weighted by Crippen LogP contribution is -2.18. The first kappa shape index (κ1) is 20.8. The van der Waals surface area contributed by atoms with Crippen LogP contribution in [0.5, 0.6) is 0 Å². The molecule has 0 N–H and O–H groups in total. The Labute approximate surface area is 131 Å². The Kier molecular flexibility index (Phi) is 9.26. The maximum Gasteiger partial charge on any atom is 0.322 e. The fourth-order valence-electron chi connectivity index (χ4n) is 1.42. The van der Waals surface area contributed by atoms with Gasteiger partial charge >= 0.3 is 32.2 Å². The molecule has 0 unspecified atom stereocenters. The molecule has 0 atom stereocenters. The van der Waals surface area contributed by atoms with Crippen LogP contribution in [0.4, 0.5) is 0 Å². The molecule has 8 nitrogen and oxygen atoms in total. The minimum absolute atomic E-state index is 0.000982. The molecule has 0 fully saturated rings. The molecule has 0 saturated heterocycles. The molecule has 0 aromatic carbocycles. The number of rotatable bonds is 11. The summed E-state index contributed by atoms with van der Waals surface area (Å²) in [7, 11) is -8.01. The maximum absolute atomic E-state index is 11.4. The van der Waals surface area contributed by atoms with E-state index in [0.717, 1.165) is 0 Å². The summed E-state index contributed by atoms with van der Waals surface area (Å²) < 4.78 is 54.3. The lowest BCUT2D eigenvalue weighted by Gasteiger charge is -2.06. The highest BCUT2D eigenvalue weighted by Gasteiger charge is 2.19. The van der Waals surface area contributed by atoms with Crippen molar-refractivity contribution < 1.29 is 34.8 Å². The third-order valence-corrected chi connectivity index (χ3v) is 4.84. The first-order valence-electron chi connectivity index (χ1n) is 7.02. The zero-order valence-corrected chi connectivity index (χ0v) is 14.4. The normalized spacial score (nSPS) is 11.9. The molecule has 0 aliphatic rings. The summed E-state index contributed by atoms with van der Waals surface area (Å²) in [6.07, 6.45) is 0.895. The molecule has 0 aliphatic carbocycles. The molecule has 0 bridgehead atoms. The molecule has 0 heterocycles. The van der Waals surface area contributed by atoms with Gasteiger partial charge in [-0.05, 0) is 25.7 Å². The van der Waals surface area contributed by atoms with E-state index >= 15 is 0 Å². The molecule has 130 valence electrons. The number of unbranched alkanes of at least 4 members (excludes halogenated alkanes) is 1. The Morgan fingerprint density at radius 1 is 0.727 bits per heavy atom. The van der Waals surface area contributed by atoms with Gasteiger partial charge in [-0.25, -0.2) is 0 Å². The van der Waals surface area contributed by atoms with E-state index in [1.54, 1.807) is 13.8 Å². The van der Waals surface area contributed by atoms with Gasteiger partial charge in [-0.2, -0.15) is 16.8 Å². The maximum atomic E-state index is 11.4. The third-order valence-electron chi connectivity index (χ3n) is 2.39. The van der Waals surface area contributed by atoms with E-state index < -0.39 is 43.7 Å². The van der Waals surface area contributed by atoms with Crippen LogP contribution in [0.25, 0.3) is 0 Å². The van der Waals surface area contributed by atoms with Gasteiger partial charge in [0.15, 0.2) is 0 Å². The van der Waals surface area contributed by atoms with E-state index in [0.29, 0.717) is 12.8 Å². The van der Waals surface area contributed by atoms with Crippen molar-refractivity contribution in [3.63, 3.8) is 0 Å². The summed E-state index contributed by atoms with van der Waals surface area (Å²) in [5.74, 6) is -2.60. The highest BCUT2D eigenvalue weighted by atomic mass is 32.2. The predicted molar refractivity (Wildman–Crippen MR) is 78.8 cm³/mol. The van der Waals surface area contributed by atoms with Gasteiger partial charge in [-0.15, -0.1) is 0 Å². The fraction of sp³-hybridized carbons (Fsp3) is 0.833. The molecular weight excluding hydrogens is 336 g/mol. The van der Waals surface area contributed by atoms with Crippen LogP contribution in [0.3, 0.4) is 0 Å². The van der Waals surface area contributed by atoms with E-state index in [9.17, 15) is 26.4 Å². The average Bonchev–Trinajstić information content (AvgIpc) is 2.34. The third kappa shape index (κ3) is 10.6. The monoisotopic (exact) mass is 358 g/mol. The van der Waals surface area contributed by atoms with E-state index in [2.05, 4.69) is 8.37 Å². The molecule has 10 heteroatoms. The Morgan fingerprint density at radius 2 is 1.05 bits per heavy atom. The van der Waals surface area contributed by atoms with Gasteiger partial charge < -0.3 is 8.37 Å². The van der Waals surface area contributed by atoms with Gasteiger partial charge in [0, 0.05) is 12.8 Å². The summed E-state index contributed by atoms with van der Waals surface area (Å²) in [6.45, 7) is 3.41. The van der Waals surface area contributed by atoms with Crippen molar-refractivity contribution in [3.8, 4) is 0 Å². The highest BCUT2D eigenvalue weighted by molar-refractivity contribution is 7.87. The lowest BCUT2D eigenvalue weighted by molar-refractivity contribution is -0.134. The van der Waals surface area contributed by atoms with Gasteiger partial charge in [0.1, 0.15) is 0 Å². The second kappa shape index (κ2) is 9.78. The van der Waals surface area contributed by atoms with E-state index in [1.165, 1.54) is 0 Å². The second-order valence-electron chi connectivity index (χ2n) is 4.64. The van der Waals surface area contributed by atoms with Crippen molar-refractivity contribution in [2.45, 2.75) is 52.4 Å². The molecule has 0 aromatic heterocycles. The van der Waals surface area contributed by atoms with Crippen molar-refractivity contribution in [2.24, 2.45) is 0 Å². The van der Waals surface area contributed by atoms with Crippen molar-refractivity contribution in [1.82, 2.24) is 0 Å². The van der Waals surface area contributed by atoms with Crippen LogP contribution in [-0.4, -0.2) is 40.3 Å². The Morgan fingerprint density at radius 3 is 1.32 bits per heavy atom. The Bertz CT molecular complexity index is 510. The van der Waals surface area contributed by atoms with Crippen LogP contribution < -0.4 is 0 Å². The highest BCUT2D eigenvalue weighted by Crippen LogP contribution is 2.06. The van der Waals surface area contributed by atoms with Crippen LogP contribution in [0.1, 0.15) is 52.4 Å². The molecule has 22 heavy (non-hydrogen) atoms. The summed E-state index contributed by atoms with van der Waals surface area (Å²) in [5.41, 5.74) is 0. The fourth-order valence-corrected chi connectivity index (χ4v) is 3.43. The lowest BCUT2D eigenvalue weighted by atomic mass is 10.4. The molecule has 0 spiro atoms. The zero-order valence-electron chi connectivity index (χ0n) is 12.7. The van der Waals surface area contributed by atoms with Crippen LogP contribution in [0, 0.1) is 0 Å². The number of hydrogen-bond acceptors (Lipinski definition) is 8. The van der Waals surface area contributed by atoms with Crippen molar-refractivity contribution >= 4 is 32.2 Å². The van der Waals surface area contributed by atoms with Gasteiger partial charge in [0.05, 0.1) is 11.5 Å². The van der Waals surface area contributed by atoms with E-state index in [4.69, 9.17) is 0 Å². The first-order chi connectivity index (χ1) is 10.1. The van der Waals surface area contributed by atoms with Gasteiger partial charge in [0.2, 0.25) is 0 Å². The van der Waals surface area contributed by atoms with Crippen molar-refractivity contribution in [1.29, 1.82) is 0 Å². The van der Waals surface area contributed by atoms with Crippen LogP contribution >= 0.6 is 0 Å². The molecule has 0 aliphatic heterocycles. The quantitative estimate of drug-likeness (QED) is 0.398. The molecular formula is C12H22O8S2. The second-order valence-corrected chi connectivity index (χ2v) is 8.02. The summed E-state index contributed by atoms with van der Waals surface area (Å²) in [5, 5.41) is 0. The van der Waals surface area contributed by atoms with Crippen molar-refractivity contribution in [2.75, 3.05) is 11.5 Å². The van der Waals surface area contributed by atoms with Gasteiger partial charge in [0.25, 0.3) is 0 Å². The standard InChI is InChI=1S/C12H22O8S2/c1-3-7-11(13)19-21(15,16)9-5-6-10-22(17,18)20-12(14)8-4-2/h3-10H2,1-2H3. The summed E-state index contributed by atoms with van der Waals surface area (Å²) in [6, 6.07) is 0. The smallest absolute Gasteiger partial charge is 0.322 e. The Balaban J connectivity index is 4.15. The van der Waals surface area contributed by atoms with Crippen LogP contribution in [0.15, 0.2) is 0 Å². The molecule has 0 aromatic rings. The number of carbonyl (C=O) groups is 2. The van der Waals surface area contributed by atoms with Gasteiger partial charge in [-0.1, -0.05) is 13.8 Å². The predicted octanol–water partition coefficient (Wildman–Crippen LogP) is 1.11. The molecule has 0 amide bonds. The molecule has 0 rings (SSSR count). The minimum Gasteiger partial charge on any atom is -0.346 e. The van der Waals surface area contributed by atoms with Crippen LogP contribution in [-0.2, 0) is 38.2 Å². The minimum atomic E-state index is -4.00. The number of carbonyl (C=O) groups excluding carboxylic acids is 2. The first-order valence-corrected chi connectivity index (χ1v) is 10.2. The van der Waals surface area contributed by atoms with E-state index in [-0.39, 0.29) is 25.7 Å². The largest absolute Gasteiger partial charge is 0.346 e. The topological polar surface area (TPSA) is 121 Å².